The number of benzene rings is 1. The molecule has 0 N–H and O–H groups in total. The van der Waals surface area contributed by atoms with E-state index >= 15 is 0 Å². The summed E-state index contributed by atoms with van der Waals surface area (Å²) in [6.45, 7) is 2.95. The van der Waals surface area contributed by atoms with Crippen LogP contribution in [0.3, 0.4) is 0 Å². The Morgan fingerprint density at radius 3 is 2.92 bits per heavy atom. The van der Waals surface area contributed by atoms with Gasteiger partial charge in [-0.1, -0.05) is 0 Å². The zero-order valence-corrected chi connectivity index (χ0v) is 14.3. The topological polar surface area (TPSA) is 47.4 Å². The van der Waals surface area contributed by atoms with E-state index in [0.717, 1.165) is 38.9 Å². The summed E-state index contributed by atoms with van der Waals surface area (Å²) < 4.78 is 20.6. The molecule has 1 aliphatic rings. The molecule has 1 atom stereocenters. The van der Waals surface area contributed by atoms with E-state index in [4.69, 9.17) is 4.74 Å². The second kappa shape index (κ2) is 8.65. The summed E-state index contributed by atoms with van der Waals surface area (Å²) in [4.78, 5) is 18.4. The molecular weight excluding hydrogens is 321 g/mol. The lowest BCUT2D eigenvalue weighted by molar-refractivity contribution is -0.133. The smallest absolute Gasteiger partial charge is 0.222 e. The van der Waals surface area contributed by atoms with Crippen LogP contribution in [0.1, 0.15) is 25.7 Å². The average Bonchev–Trinajstić information content (AvgIpc) is 3.15. The Morgan fingerprint density at radius 1 is 1.32 bits per heavy atom. The number of hydrogen-bond donors (Lipinski definition) is 0. The summed E-state index contributed by atoms with van der Waals surface area (Å²) in [5.41, 5.74) is 0. The number of carbonyl (C=O) groups is 1. The van der Waals surface area contributed by atoms with Crippen molar-refractivity contribution in [1.82, 2.24) is 14.5 Å². The number of likely N-dealkylation sites (tertiary alicyclic amines) is 1. The van der Waals surface area contributed by atoms with Crippen molar-refractivity contribution >= 4 is 5.91 Å². The van der Waals surface area contributed by atoms with E-state index in [0.29, 0.717) is 24.7 Å². The van der Waals surface area contributed by atoms with Gasteiger partial charge in [-0.05, 0) is 43.5 Å². The fourth-order valence-corrected chi connectivity index (χ4v) is 3.16. The minimum atomic E-state index is -0.266. The van der Waals surface area contributed by atoms with Gasteiger partial charge in [-0.15, -0.1) is 0 Å². The first-order valence-electron chi connectivity index (χ1n) is 8.82. The number of hydrogen-bond acceptors (Lipinski definition) is 3. The van der Waals surface area contributed by atoms with Crippen molar-refractivity contribution in [1.29, 1.82) is 0 Å². The molecule has 1 amide bonds. The summed E-state index contributed by atoms with van der Waals surface area (Å²) in [5.74, 6) is 0.950. The van der Waals surface area contributed by atoms with Crippen LogP contribution in [0.4, 0.5) is 4.39 Å². The molecule has 0 spiro atoms. The van der Waals surface area contributed by atoms with Crippen LogP contribution in [0.25, 0.3) is 0 Å². The zero-order valence-electron chi connectivity index (χ0n) is 14.3. The Labute approximate surface area is 147 Å². The van der Waals surface area contributed by atoms with Crippen molar-refractivity contribution in [3.05, 3.63) is 48.8 Å². The van der Waals surface area contributed by atoms with E-state index in [1.54, 1.807) is 24.7 Å². The number of halogens is 1. The second-order valence-electron chi connectivity index (χ2n) is 6.52. The number of aryl methyl sites for hydroxylation is 1. The van der Waals surface area contributed by atoms with Crippen LogP contribution < -0.4 is 4.74 Å². The molecule has 2 heterocycles. The fourth-order valence-electron chi connectivity index (χ4n) is 3.16. The van der Waals surface area contributed by atoms with Crippen LogP contribution in [-0.4, -0.2) is 40.1 Å². The molecule has 1 unspecified atom stereocenters. The van der Waals surface area contributed by atoms with Gasteiger partial charge >= 0.3 is 0 Å². The summed E-state index contributed by atoms with van der Waals surface area (Å²) >= 11 is 0. The Balaban J connectivity index is 1.40. The highest BCUT2D eigenvalue weighted by Gasteiger charge is 2.23. The average molecular weight is 345 g/mol. The molecule has 0 aliphatic carbocycles. The molecule has 25 heavy (non-hydrogen) atoms. The Bertz CT molecular complexity index is 658. The first kappa shape index (κ1) is 17.5. The molecule has 1 aromatic carbocycles. The van der Waals surface area contributed by atoms with Gasteiger partial charge in [0.1, 0.15) is 11.6 Å². The van der Waals surface area contributed by atoms with Crippen molar-refractivity contribution < 1.29 is 13.9 Å². The molecule has 3 rings (SSSR count). The maximum absolute atomic E-state index is 12.9. The predicted molar refractivity (Wildman–Crippen MR) is 92.7 cm³/mol. The van der Waals surface area contributed by atoms with Crippen LogP contribution in [-0.2, 0) is 11.3 Å². The highest BCUT2D eigenvalue weighted by Crippen LogP contribution is 2.20. The number of imidazole rings is 1. The maximum Gasteiger partial charge on any atom is 0.222 e. The minimum absolute atomic E-state index is 0.214. The number of rotatable bonds is 7. The van der Waals surface area contributed by atoms with Gasteiger partial charge in [0.05, 0.1) is 12.9 Å². The molecule has 1 aromatic heterocycles. The van der Waals surface area contributed by atoms with Gasteiger partial charge in [0.2, 0.25) is 5.91 Å². The van der Waals surface area contributed by atoms with E-state index in [1.165, 1.54) is 12.1 Å². The van der Waals surface area contributed by atoms with Crippen molar-refractivity contribution in [3.8, 4) is 5.75 Å². The van der Waals surface area contributed by atoms with Crippen molar-refractivity contribution in [3.63, 3.8) is 0 Å². The van der Waals surface area contributed by atoms with Gasteiger partial charge in [0, 0.05) is 44.4 Å². The molecule has 1 saturated heterocycles. The Kier molecular flexibility index (Phi) is 6.04. The molecule has 1 aliphatic heterocycles. The lowest BCUT2D eigenvalue weighted by atomic mass is 9.98. The molecule has 2 aromatic rings. The van der Waals surface area contributed by atoms with E-state index < -0.39 is 0 Å². The molecule has 5 nitrogen and oxygen atoms in total. The number of carbonyl (C=O) groups excluding carboxylic acids is 1. The SMILES string of the molecule is O=C(CCCn1ccnc1)N1CCCC(COc2ccc(F)cc2)C1. The number of piperidine rings is 1. The molecule has 134 valence electrons. The maximum atomic E-state index is 12.9. The lowest BCUT2D eigenvalue weighted by Crippen LogP contribution is -2.41. The van der Waals surface area contributed by atoms with E-state index in [2.05, 4.69) is 4.98 Å². The summed E-state index contributed by atoms with van der Waals surface area (Å²) in [7, 11) is 0. The molecular formula is C19H24FN3O2. The van der Waals surface area contributed by atoms with Crippen molar-refractivity contribution in [2.75, 3.05) is 19.7 Å². The third-order valence-corrected chi connectivity index (χ3v) is 4.54. The first-order valence-corrected chi connectivity index (χ1v) is 8.82. The van der Waals surface area contributed by atoms with E-state index in [1.807, 2.05) is 15.7 Å². The van der Waals surface area contributed by atoms with Gasteiger partial charge in [0.25, 0.3) is 0 Å². The number of ether oxygens (including phenoxy) is 1. The standard InChI is InChI=1S/C19H24FN3O2/c20-17-5-7-18(8-6-17)25-14-16-3-1-11-23(13-16)19(24)4-2-10-22-12-9-21-15-22/h5-9,12,15-16H,1-4,10-11,13-14H2. The van der Waals surface area contributed by atoms with Crippen LogP contribution in [0.2, 0.25) is 0 Å². The van der Waals surface area contributed by atoms with Crippen LogP contribution in [0.15, 0.2) is 43.0 Å². The van der Waals surface area contributed by atoms with Crippen LogP contribution >= 0.6 is 0 Å². The summed E-state index contributed by atoms with van der Waals surface area (Å²) in [6.07, 6.45) is 8.87. The summed E-state index contributed by atoms with van der Waals surface area (Å²) in [5, 5.41) is 0. The largest absolute Gasteiger partial charge is 0.493 e. The molecule has 0 radical (unpaired) electrons. The lowest BCUT2D eigenvalue weighted by Gasteiger charge is -2.32. The predicted octanol–water partition coefficient (Wildman–Crippen LogP) is 3.12. The highest BCUT2D eigenvalue weighted by atomic mass is 19.1. The van der Waals surface area contributed by atoms with Crippen molar-refractivity contribution in [2.24, 2.45) is 5.92 Å². The second-order valence-corrected chi connectivity index (χ2v) is 6.52. The first-order chi connectivity index (χ1) is 12.2. The third kappa shape index (κ3) is 5.31. The van der Waals surface area contributed by atoms with Gasteiger partial charge in [-0.2, -0.15) is 0 Å². The van der Waals surface area contributed by atoms with Crippen molar-refractivity contribution in [2.45, 2.75) is 32.2 Å². The molecule has 6 heteroatoms. The highest BCUT2D eigenvalue weighted by molar-refractivity contribution is 5.76. The Morgan fingerprint density at radius 2 is 2.16 bits per heavy atom. The fraction of sp³-hybridized carbons (Fsp3) is 0.474. The number of nitrogens with zero attached hydrogens (tertiary/aromatic N) is 3. The Hall–Kier alpha value is -2.37. The normalized spacial score (nSPS) is 17.5. The summed E-state index contributed by atoms with van der Waals surface area (Å²) in [6, 6.07) is 6.06. The quantitative estimate of drug-likeness (QED) is 0.775. The van der Waals surface area contributed by atoms with Gasteiger partial charge in [0.15, 0.2) is 0 Å². The van der Waals surface area contributed by atoms with E-state index in [9.17, 15) is 9.18 Å². The van der Waals surface area contributed by atoms with Crippen LogP contribution in [0.5, 0.6) is 5.75 Å². The van der Waals surface area contributed by atoms with E-state index in [-0.39, 0.29) is 11.7 Å². The molecule has 1 fully saturated rings. The molecule has 0 bridgehead atoms. The minimum Gasteiger partial charge on any atom is -0.493 e. The van der Waals surface area contributed by atoms with Gasteiger partial charge in [-0.25, -0.2) is 9.37 Å². The van der Waals surface area contributed by atoms with Gasteiger partial charge in [-0.3, -0.25) is 4.79 Å². The zero-order chi connectivity index (χ0) is 17.5. The number of amides is 1. The van der Waals surface area contributed by atoms with Crippen LogP contribution in [0, 0.1) is 11.7 Å². The monoisotopic (exact) mass is 345 g/mol. The number of aromatic nitrogens is 2. The third-order valence-electron chi connectivity index (χ3n) is 4.54. The molecule has 0 saturated carbocycles. The van der Waals surface area contributed by atoms with Gasteiger partial charge < -0.3 is 14.2 Å².